The van der Waals surface area contributed by atoms with Crippen LogP contribution in [-0.4, -0.2) is 43.1 Å². The van der Waals surface area contributed by atoms with Gasteiger partial charge in [-0.15, -0.1) is 0 Å². The van der Waals surface area contributed by atoms with Crippen molar-refractivity contribution < 1.29 is 18.3 Å². The van der Waals surface area contributed by atoms with E-state index in [1.54, 1.807) is 31.2 Å². The molecule has 0 radical (unpaired) electrons. The second kappa shape index (κ2) is 5.71. The predicted molar refractivity (Wildman–Crippen MR) is 76.2 cm³/mol. The number of benzene rings is 1. The zero-order valence-electron chi connectivity index (χ0n) is 11.9. The van der Waals surface area contributed by atoms with E-state index in [9.17, 15) is 13.5 Å². The molecule has 1 heterocycles. The van der Waals surface area contributed by atoms with Crippen LogP contribution in [0.2, 0.25) is 0 Å². The standard InChI is InChI=1S/C14H21NO4S/c1-3-19-12-4-6-13(7-5-12)20(17,18)15-10-8-14(2,16)9-11-15/h4-7,16H,3,8-11H2,1-2H3. The largest absolute Gasteiger partial charge is 0.494 e. The highest BCUT2D eigenvalue weighted by atomic mass is 32.2. The molecule has 112 valence electrons. The van der Waals surface area contributed by atoms with Crippen LogP contribution in [0.15, 0.2) is 29.2 Å². The van der Waals surface area contributed by atoms with Crippen molar-refractivity contribution in [2.75, 3.05) is 19.7 Å². The Labute approximate surface area is 120 Å². The molecule has 0 unspecified atom stereocenters. The van der Waals surface area contributed by atoms with Crippen LogP contribution in [0.5, 0.6) is 5.75 Å². The van der Waals surface area contributed by atoms with E-state index >= 15 is 0 Å². The van der Waals surface area contributed by atoms with E-state index in [0.717, 1.165) is 0 Å². The maximum absolute atomic E-state index is 12.5. The summed E-state index contributed by atoms with van der Waals surface area (Å²) in [5.41, 5.74) is -0.759. The van der Waals surface area contributed by atoms with Crippen molar-refractivity contribution in [3.63, 3.8) is 0 Å². The first kappa shape index (κ1) is 15.3. The molecule has 0 atom stereocenters. The van der Waals surface area contributed by atoms with Gasteiger partial charge in [-0.3, -0.25) is 0 Å². The lowest BCUT2D eigenvalue weighted by Gasteiger charge is -2.34. The molecule has 1 saturated heterocycles. The molecule has 5 nitrogen and oxygen atoms in total. The Morgan fingerprint density at radius 2 is 1.80 bits per heavy atom. The molecule has 0 amide bonds. The molecule has 1 aliphatic heterocycles. The van der Waals surface area contributed by atoms with Crippen LogP contribution in [-0.2, 0) is 10.0 Å². The van der Waals surface area contributed by atoms with Crippen LogP contribution in [0.4, 0.5) is 0 Å². The number of nitrogens with zero attached hydrogens (tertiary/aromatic N) is 1. The van der Waals surface area contributed by atoms with Gasteiger partial charge in [0.15, 0.2) is 0 Å². The van der Waals surface area contributed by atoms with Gasteiger partial charge in [-0.25, -0.2) is 8.42 Å². The van der Waals surface area contributed by atoms with Gasteiger partial charge in [-0.1, -0.05) is 0 Å². The second-order valence-corrected chi connectivity index (χ2v) is 7.24. The van der Waals surface area contributed by atoms with Gasteiger partial charge in [0.25, 0.3) is 0 Å². The number of sulfonamides is 1. The number of ether oxygens (including phenoxy) is 1. The summed E-state index contributed by atoms with van der Waals surface area (Å²) in [4.78, 5) is 0.266. The fourth-order valence-electron chi connectivity index (χ4n) is 2.23. The van der Waals surface area contributed by atoms with Crippen molar-refractivity contribution in [1.82, 2.24) is 4.31 Å². The average molecular weight is 299 g/mol. The molecule has 6 heteroatoms. The van der Waals surface area contributed by atoms with E-state index in [1.165, 1.54) is 4.31 Å². The molecule has 0 bridgehead atoms. The van der Waals surface area contributed by atoms with E-state index in [1.807, 2.05) is 6.92 Å². The second-order valence-electron chi connectivity index (χ2n) is 5.31. The third kappa shape index (κ3) is 3.31. The van der Waals surface area contributed by atoms with E-state index in [2.05, 4.69) is 0 Å². The Morgan fingerprint density at radius 3 is 2.30 bits per heavy atom. The monoisotopic (exact) mass is 299 g/mol. The summed E-state index contributed by atoms with van der Waals surface area (Å²) < 4.78 is 31.7. The Bertz CT molecular complexity index is 541. The summed E-state index contributed by atoms with van der Waals surface area (Å²) in [7, 11) is -3.48. The molecule has 0 aliphatic carbocycles. The van der Waals surface area contributed by atoms with E-state index in [0.29, 0.717) is 38.3 Å². The third-order valence-electron chi connectivity index (χ3n) is 3.57. The third-order valence-corrected chi connectivity index (χ3v) is 5.48. The normalized spacial score (nSPS) is 19.8. The Kier molecular flexibility index (Phi) is 4.36. The number of hydrogen-bond acceptors (Lipinski definition) is 4. The molecule has 0 saturated carbocycles. The average Bonchev–Trinajstić information content (AvgIpc) is 2.39. The summed E-state index contributed by atoms with van der Waals surface area (Å²) in [6.45, 7) is 4.87. The smallest absolute Gasteiger partial charge is 0.243 e. The van der Waals surface area contributed by atoms with Gasteiger partial charge in [0.2, 0.25) is 10.0 Å². The van der Waals surface area contributed by atoms with Crippen molar-refractivity contribution in [3.05, 3.63) is 24.3 Å². The van der Waals surface area contributed by atoms with Crippen LogP contribution >= 0.6 is 0 Å². The molecular formula is C14H21NO4S. The quantitative estimate of drug-likeness (QED) is 0.917. The minimum absolute atomic E-state index is 0.266. The highest BCUT2D eigenvalue weighted by Gasteiger charge is 2.33. The first-order valence-electron chi connectivity index (χ1n) is 6.80. The van der Waals surface area contributed by atoms with Crippen molar-refractivity contribution in [1.29, 1.82) is 0 Å². The van der Waals surface area contributed by atoms with Gasteiger partial charge in [0.1, 0.15) is 5.75 Å². The molecule has 1 aromatic carbocycles. The lowest BCUT2D eigenvalue weighted by molar-refractivity contribution is 0.0126. The van der Waals surface area contributed by atoms with Crippen LogP contribution in [0, 0.1) is 0 Å². The van der Waals surface area contributed by atoms with Gasteiger partial charge in [0, 0.05) is 13.1 Å². The van der Waals surface area contributed by atoms with Crippen molar-refractivity contribution in [2.24, 2.45) is 0 Å². The molecule has 1 fully saturated rings. The van der Waals surface area contributed by atoms with Gasteiger partial charge in [0.05, 0.1) is 17.1 Å². The summed E-state index contributed by atoms with van der Waals surface area (Å²) in [5.74, 6) is 0.660. The van der Waals surface area contributed by atoms with Crippen LogP contribution in [0.25, 0.3) is 0 Å². The topological polar surface area (TPSA) is 66.8 Å². The zero-order chi connectivity index (χ0) is 14.8. The van der Waals surface area contributed by atoms with Crippen molar-refractivity contribution in [2.45, 2.75) is 37.2 Å². The number of piperidine rings is 1. The Balaban J connectivity index is 2.14. The minimum Gasteiger partial charge on any atom is -0.494 e. The molecule has 1 aliphatic rings. The van der Waals surface area contributed by atoms with E-state index in [4.69, 9.17) is 4.74 Å². The lowest BCUT2D eigenvalue weighted by Crippen LogP contribution is -2.45. The van der Waals surface area contributed by atoms with E-state index < -0.39 is 15.6 Å². The van der Waals surface area contributed by atoms with E-state index in [-0.39, 0.29) is 4.90 Å². The predicted octanol–water partition coefficient (Wildman–Crippen LogP) is 1.62. The van der Waals surface area contributed by atoms with Crippen molar-refractivity contribution in [3.8, 4) is 5.75 Å². The number of aliphatic hydroxyl groups is 1. The fourth-order valence-corrected chi connectivity index (χ4v) is 3.67. The molecule has 0 aromatic heterocycles. The van der Waals surface area contributed by atoms with Gasteiger partial charge >= 0.3 is 0 Å². The molecule has 2 rings (SSSR count). The molecule has 1 aromatic rings. The summed E-state index contributed by atoms with van der Waals surface area (Å²) in [5, 5.41) is 9.89. The Hall–Kier alpha value is -1.11. The number of rotatable bonds is 4. The number of hydrogen-bond donors (Lipinski definition) is 1. The molecule has 20 heavy (non-hydrogen) atoms. The Morgan fingerprint density at radius 1 is 1.25 bits per heavy atom. The minimum atomic E-state index is -3.48. The summed E-state index contributed by atoms with van der Waals surface area (Å²) >= 11 is 0. The van der Waals surface area contributed by atoms with Crippen LogP contribution in [0.1, 0.15) is 26.7 Å². The molecular weight excluding hydrogens is 278 g/mol. The summed E-state index contributed by atoms with van der Waals surface area (Å²) in [6, 6.07) is 6.45. The molecule has 0 spiro atoms. The van der Waals surface area contributed by atoms with Crippen LogP contribution < -0.4 is 4.74 Å². The van der Waals surface area contributed by atoms with Crippen LogP contribution in [0.3, 0.4) is 0 Å². The van der Waals surface area contributed by atoms with Gasteiger partial charge in [-0.2, -0.15) is 4.31 Å². The first-order valence-corrected chi connectivity index (χ1v) is 8.24. The maximum Gasteiger partial charge on any atom is 0.243 e. The van der Waals surface area contributed by atoms with Crippen molar-refractivity contribution >= 4 is 10.0 Å². The maximum atomic E-state index is 12.5. The zero-order valence-corrected chi connectivity index (χ0v) is 12.7. The first-order chi connectivity index (χ1) is 9.35. The lowest BCUT2D eigenvalue weighted by atomic mass is 9.95. The fraction of sp³-hybridized carbons (Fsp3) is 0.571. The van der Waals surface area contributed by atoms with Gasteiger partial charge < -0.3 is 9.84 Å². The van der Waals surface area contributed by atoms with Gasteiger partial charge in [-0.05, 0) is 51.0 Å². The highest BCUT2D eigenvalue weighted by molar-refractivity contribution is 7.89. The SMILES string of the molecule is CCOc1ccc(S(=O)(=O)N2CCC(C)(O)CC2)cc1. The molecule has 1 N–H and O–H groups in total. The summed E-state index contributed by atoms with van der Waals surface area (Å²) in [6.07, 6.45) is 0.923. The highest BCUT2D eigenvalue weighted by Crippen LogP contribution is 2.26.